The number of hydrogen-bond donors (Lipinski definition) is 1. The molecule has 1 aromatic carbocycles. The lowest BCUT2D eigenvalue weighted by molar-refractivity contribution is -0.143. The Bertz CT molecular complexity index is 578. The van der Waals surface area contributed by atoms with Crippen LogP contribution in [0.4, 0.5) is 17.6 Å². The van der Waals surface area contributed by atoms with E-state index in [1.54, 1.807) is 12.1 Å². The van der Waals surface area contributed by atoms with E-state index in [4.69, 9.17) is 0 Å². The van der Waals surface area contributed by atoms with Crippen LogP contribution in [0.15, 0.2) is 30.3 Å². The van der Waals surface area contributed by atoms with Gasteiger partial charge < -0.3 is 5.32 Å². The van der Waals surface area contributed by atoms with Gasteiger partial charge in [-0.1, -0.05) is 12.1 Å². The topological polar surface area (TPSA) is 29.9 Å². The van der Waals surface area contributed by atoms with Crippen molar-refractivity contribution in [2.75, 3.05) is 0 Å². The van der Waals surface area contributed by atoms with E-state index in [0.29, 0.717) is 12.2 Å². The molecule has 1 aromatic heterocycles. The Morgan fingerprint density at radius 1 is 1.14 bits per heavy atom. The third-order valence-corrected chi connectivity index (χ3v) is 2.77. The molecule has 0 saturated carbocycles. The van der Waals surface area contributed by atoms with Gasteiger partial charge in [-0.05, 0) is 23.8 Å². The van der Waals surface area contributed by atoms with Crippen molar-refractivity contribution in [3.8, 4) is 0 Å². The summed E-state index contributed by atoms with van der Waals surface area (Å²) in [5.41, 5.74) is 0.372. The molecule has 2 rings (SSSR count). The average Bonchev–Trinajstić information content (AvgIpc) is 2.73. The number of aromatic nitrogens is 2. The Hall–Kier alpha value is -1.60. The van der Waals surface area contributed by atoms with E-state index in [0.717, 1.165) is 16.3 Å². The summed E-state index contributed by atoms with van der Waals surface area (Å²) in [6.45, 7) is 0.638. The normalized spacial score (nSPS) is 11.3. The van der Waals surface area contributed by atoms with Gasteiger partial charge in [0.2, 0.25) is 0 Å². The standard InChI is InChI=1S/C13H13F4N3.ClH/c1-20-12(13(15,16)17)6-11(19-20)8-18-7-9-2-4-10(14)5-3-9;/h2-6,18H,7-8H2,1H3;1H. The fourth-order valence-electron chi connectivity index (χ4n) is 1.82. The Kier molecular flexibility index (Phi) is 5.74. The first-order valence-electron chi connectivity index (χ1n) is 5.91. The van der Waals surface area contributed by atoms with Gasteiger partial charge in [-0.15, -0.1) is 12.4 Å². The molecule has 0 atom stereocenters. The average molecular weight is 324 g/mol. The van der Waals surface area contributed by atoms with E-state index in [1.807, 2.05) is 0 Å². The molecule has 21 heavy (non-hydrogen) atoms. The van der Waals surface area contributed by atoms with Gasteiger partial charge in [0.05, 0.1) is 5.69 Å². The molecular formula is C13H14ClF4N3. The van der Waals surface area contributed by atoms with E-state index < -0.39 is 11.9 Å². The largest absolute Gasteiger partial charge is 0.433 e. The van der Waals surface area contributed by atoms with Gasteiger partial charge >= 0.3 is 6.18 Å². The van der Waals surface area contributed by atoms with Gasteiger partial charge in [0.25, 0.3) is 0 Å². The molecule has 0 amide bonds. The molecule has 2 aromatic rings. The second-order valence-corrected chi connectivity index (χ2v) is 4.37. The molecule has 0 saturated heterocycles. The lowest BCUT2D eigenvalue weighted by atomic mass is 10.2. The summed E-state index contributed by atoms with van der Waals surface area (Å²) in [6, 6.07) is 6.90. The van der Waals surface area contributed by atoms with Gasteiger partial charge in [0.15, 0.2) is 0 Å². The van der Waals surface area contributed by atoms with Crippen molar-refractivity contribution >= 4 is 12.4 Å². The van der Waals surface area contributed by atoms with Crippen LogP contribution in [-0.4, -0.2) is 9.78 Å². The van der Waals surface area contributed by atoms with Crippen molar-refractivity contribution in [1.82, 2.24) is 15.1 Å². The van der Waals surface area contributed by atoms with Crippen LogP contribution in [0.5, 0.6) is 0 Å². The molecule has 1 heterocycles. The van der Waals surface area contributed by atoms with E-state index in [-0.39, 0.29) is 24.8 Å². The van der Waals surface area contributed by atoms with E-state index in [2.05, 4.69) is 10.4 Å². The van der Waals surface area contributed by atoms with E-state index >= 15 is 0 Å². The molecule has 0 fully saturated rings. The molecule has 0 unspecified atom stereocenters. The highest BCUT2D eigenvalue weighted by Gasteiger charge is 2.34. The van der Waals surface area contributed by atoms with Crippen molar-refractivity contribution in [3.05, 3.63) is 53.1 Å². The van der Waals surface area contributed by atoms with Gasteiger partial charge in [0.1, 0.15) is 11.5 Å². The van der Waals surface area contributed by atoms with Crippen LogP contribution < -0.4 is 5.32 Å². The molecule has 3 nitrogen and oxygen atoms in total. The molecule has 0 spiro atoms. The van der Waals surface area contributed by atoms with Crippen molar-refractivity contribution in [1.29, 1.82) is 0 Å². The molecule has 8 heteroatoms. The minimum Gasteiger partial charge on any atom is -0.307 e. The molecule has 116 valence electrons. The maximum atomic E-state index is 12.7. The summed E-state index contributed by atoms with van der Waals surface area (Å²) in [7, 11) is 1.26. The van der Waals surface area contributed by atoms with Gasteiger partial charge in [-0.2, -0.15) is 18.3 Å². The zero-order valence-electron chi connectivity index (χ0n) is 11.1. The van der Waals surface area contributed by atoms with Crippen molar-refractivity contribution in [2.45, 2.75) is 19.3 Å². The first kappa shape index (κ1) is 17.5. The second kappa shape index (κ2) is 6.91. The number of nitrogens with one attached hydrogen (secondary N) is 1. The Balaban J connectivity index is 0.00000220. The molecule has 0 aliphatic rings. The van der Waals surface area contributed by atoms with E-state index in [1.165, 1.54) is 19.2 Å². The van der Waals surface area contributed by atoms with E-state index in [9.17, 15) is 17.6 Å². The second-order valence-electron chi connectivity index (χ2n) is 4.37. The zero-order chi connectivity index (χ0) is 14.8. The van der Waals surface area contributed by atoms with Crippen molar-refractivity contribution in [3.63, 3.8) is 0 Å². The molecule has 0 aliphatic heterocycles. The first-order chi connectivity index (χ1) is 9.36. The predicted octanol–water partition coefficient (Wildman–Crippen LogP) is 3.29. The van der Waals surface area contributed by atoms with Gasteiger partial charge in [0, 0.05) is 20.1 Å². The lowest BCUT2D eigenvalue weighted by Gasteiger charge is -2.04. The van der Waals surface area contributed by atoms with Crippen LogP contribution in [-0.2, 0) is 26.3 Å². The summed E-state index contributed by atoms with van der Waals surface area (Å²) < 4.78 is 51.2. The highest BCUT2D eigenvalue weighted by molar-refractivity contribution is 5.85. The summed E-state index contributed by atoms with van der Waals surface area (Å²) in [5, 5.41) is 6.76. The molecule has 0 aliphatic carbocycles. The number of nitrogens with zero attached hydrogens (tertiary/aromatic N) is 2. The minimum absolute atomic E-state index is 0. The van der Waals surface area contributed by atoms with Crippen molar-refractivity contribution < 1.29 is 17.6 Å². The van der Waals surface area contributed by atoms with Crippen LogP contribution in [0.1, 0.15) is 17.0 Å². The van der Waals surface area contributed by atoms with Crippen LogP contribution in [0.2, 0.25) is 0 Å². The van der Waals surface area contributed by atoms with Gasteiger partial charge in [-0.25, -0.2) is 4.39 Å². The monoisotopic (exact) mass is 323 g/mol. The Morgan fingerprint density at radius 2 is 1.76 bits per heavy atom. The SMILES string of the molecule is Cl.Cn1nc(CNCc2ccc(F)cc2)cc1C(F)(F)F. The predicted molar refractivity (Wildman–Crippen MR) is 72.4 cm³/mol. The summed E-state index contributed by atoms with van der Waals surface area (Å²) >= 11 is 0. The molecule has 0 radical (unpaired) electrons. The van der Waals surface area contributed by atoms with Gasteiger partial charge in [-0.3, -0.25) is 4.68 Å². The number of halogens is 5. The minimum atomic E-state index is -4.41. The molecule has 1 N–H and O–H groups in total. The third kappa shape index (κ3) is 4.71. The first-order valence-corrected chi connectivity index (χ1v) is 5.91. The van der Waals surface area contributed by atoms with Crippen LogP contribution >= 0.6 is 12.4 Å². The molecule has 0 bridgehead atoms. The smallest absolute Gasteiger partial charge is 0.307 e. The highest BCUT2D eigenvalue weighted by Crippen LogP contribution is 2.29. The maximum absolute atomic E-state index is 12.7. The number of alkyl halides is 3. The fraction of sp³-hybridized carbons (Fsp3) is 0.308. The van der Waals surface area contributed by atoms with Crippen LogP contribution in [0.25, 0.3) is 0 Å². The Labute approximate surface area is 125 Å². The summed E-state index contributed by atoms with van der Waals surface area (Å²) in [6.07, 6.45) is -4.41. The zero-order valence-corrected chi connectivity index (χ0v) is 11.9. The number of hydrogen-bond acceptors (Lipinski definition) is 2. The summed E-state index contributed by atoms with van der Waals surface area (Å²) in [5.74, 6) is -0.326. The number of rotatable bonds is 4. The maximum Gasteiger partial charge on any atom is 0.433 e. The summed E-state index contributed by atoms with van der Waals surface area (Å²) in [4.78, 5) is 0. The quantitative estimate of drug-likeness (QED) is 0.875. The van der Waals surface area contributed by atoms with Crippen LogP contribution in [0, 0.1) is 5.82 Å². The highest BCUT2D eigenvalue weighted by atomic mass is 35.5. The van der Waals surface area contributed by atoms with Crippen LogP contribution in [0.3, 0.4) is 0 Å². The number of benzene rings is 1. The van der Waals surface area contributed by atoms with Crippen molar-refractivity contribution in [2.24, 2.45) is 7.05 Å². The fourth-order valence-corrected chi connectivity index (χ4v) is 1.82. The third-order valence-electron chi connectivity index (χ3n) is 2.77. The number of aryl methyl sites for hydroxylation is 1. The Morgan fingerprint density at radius 3 is 2.29 bits per heavy atom. The molecular weight excluding hydrogens is 310 g/mol. The lowest BCUT2D eigenvalue weighted by Crippen LogP contribution is -2.13.